The van der Waals surface area contributed by atoms with Crippen molar-refractivity contribution >= 4 is 21.8 Å². The molecule has 1 amide bonds. The standard InChI is InChI=1S/C13H18BrN5O/c1-3-18-8-11(7-16-18)6-15-13(20)4-5-19-9-12(14)10(2)17-19/h7-9H,3-6H2,1-2H3,(H,15,20). The van der Waals surface area contributed by atoms with Crippen LogP contribution >= 0.6 is 15.9 Å². The van der Waals surface area contributed by atoms with Crippen LogP contribution in [-0.4, -0.2) is 25.5 Å². The number of amides is 1. The van der Waals surface area contributed by atoms with Gasteiger partial charge in [0.2, 0.25) is 5.91 Å². The summed E-state index contributed by atoms with van der Waals surface area (Å²) in [6, 6.07) is 0. The third-order valence-corrected chi connectivity index (χ3v) is 3.73. The highest BCUT2D eigenvalue weighted by Crippen LogP contribution is 2.13. The van der Waals surface area contributed by atoms with Crippen molar-refractivity contribution in [2.75, 3.05) is 0 Å². The minimum Gasteiger partial charge on any atom is -0.352 e. The first kappa shape index (κ1) is 14.8. The summed E-state index contributed by atoms with van der Waals surface area (Å²) < 4.78 is 4.57. The van der Waals surface area contributed by atoms with Gasteiger partial charge in [-0.1, -0.05) is 0 Å². The lowest BCUT2D eigenvalue weighted by Gasteiger charge is -2.04. The second kappa shape index (κ2) is 6.69. The molecule has 108 valence electrons. The number of hydrogen-bond acceptors (Lipinski definition) is 3. The number of aromatic nitrogens is 4. The SMILES string of the molecule is CCn1cc(CNC(=O)CCn2cc(Br)c(C)n2)cn1. The molecule has 2 aromatic heterocycles. The van der Waals surface area contributed by atoms with Crippen LogP contribution in [0.2, 0.25) is 0 Å². The molecule has 7 heteroatoms. The van der Waals surface area contributed by atoms with Crippen LogP contribution in [0.3, 0.4) is 0 Å². The largest absolute Gasteiger partial charge is 0.352 e. The molecule has 0 fully saturated rings. The molecule has 0 radical (unpaired) electrons. The lowest BCUT2D eigenvalue weighted by molar-refractivity contribution is -0.121. The van der Waals surface area contributed by atoms with Gasteiger partial charge in [0.25, 0.3) is 0 Å². The summed E-state index contributed by atoms with van der Waals surface area (Å²) in [4.78, 5) is 11.8. The molecule has 1 N–H and O–H groups in total. The predicted molar refractivity (Wildman–Crippen MR) is 79.0 cm³/mol. The lowest BCUT2D eigenvalue weighted by Crippen LogP contribution is -2.23. The van der Waals surface area contributed by atoms with Gasteiger partial charge in [-0.2, -0.15) is 10.2 Å². The molecule has 0 atom stereocenters. The van der Waals surface area contributed by atoms with Gasteiger partial charge in [0, 0.05) is 44.0 Å². The number of carbonyl (C=O) groups excluding carboxylic acids is 1. The summed E-state index contributed by atoms with van der Waals surface area (Å²) in [7, 11) is 0. The average Bonchev–Trinajstić information content (AvgIpc) is 3.01. The van der Waals surface area contributed by atoms with E-state index in [4.69, 9.17) is 0 Å². The normalized spacial score (nSPS) is 10.8. The van der Waals surface area contributed by atoms with Gasteiger partial charge in [-0.25, -0.2) is 0 Å². The van der Waals surface area contributed by atoms with Gasteiger partial charge < -0.3 is 5.32 Å². The van der Waals surface area contributed by atoms with E-state index >= 15 is 0 Å². The summed E-state index contributed by atoms with van der Waals surface area (Å²) in [5.74, 6) is 0.0125. The van der Waals surface area contributed by atoms with E-state index in [2.05, 4.69) is 31.4 Å². The minimum absolute atomic E-state index is 0.0125. The highest BCUT2D eigenvalue weighted by Gasteiger charge is 2.06. The summed E-state index contributed by atoms with van der Waals surface area (Å²) in [5, 5.41) is 11.3. The first-order chi connectivity index (χ1) is 9.58. The van der Waals surface area contributed by atoms with Crippen molar-refractivity contribution in [1.82, 2.24) is 24.9 Å². The second-order valence-electron chi connectivity index (χ2n) is 4.56. The average molecular weight is 340 g/mol. The third-order valence-electron chi connectivity index (χ3n) is 2.95. The van der Waals surface area contributed by atoms with Crippen LogP contribution in [0.5, 0.6) is 0 Å². The monoisotopic (exact) mass is 339 g/mol. The fourth-order valence-corrected chi connectivity index (χ4v) is 2.10. The molecule has 6 nitrogen and oxygen atoms in total. The van der Waals surface area contributed by atoms with E-state index in [0.717, 1.165) is 22.3 Å². The number of rotatable bonds is 6. The molecule has 2 aromatic rings. The molecule has 0 aliphatic carbocycles. The summed E-state index contributed by atoms with van der Waals surface area (Å²) in [6.45, 7) is 5.88. The van der Waals surface area contributed by atoms with Gasteiger partial charge in [0.1, 0.15) is 0 Å². The smallest absolute Gasteiger partial charge is 0.222 e. The van der Waals surface area contributed by atoms with E-state index in [1.54, 1.807) is 10.9 Å². The van der Waals surface area contributed by atoms with E-state index < -0.39 is 0 Å². The fraction of sp³-hybridized carbons (Fsp3) is 0.462. The number of carbonyl (C=O) groups is 1. The Balaban J connectivity index is 1.75. The molecule has 2 heterocycles. The van der Waals surface area contributed by atoms with E-state index in [0.29, 0.717) is 19.5 Å². The molecule has 0 unspecified atom stereocenters. The lowest BCUT2D eigenvalue weighted by atomic mass is 10.3. The van der Waals surface area contributed by atoms with Gasteiger partial charge in [-0.3, -0.25) is 14.2 Å². The Morgan fingerprint density at radius 3 is 2.80 bits per heavy atom. The van der Waals surface area contributed by atoms with Crippen LogP contribution in [0.4, 0.5) is 0 Å². The van der Waals surface area contributed by atoms with E-state index in [9.17, 15) is 4.79 Å². The van der Waals surface area contributed by atoms with Crippen LogP contribution in [0.15, 0.2) is 23.1 Å². The number of halogens is 1. The number of nitrogens with one attached hydrogen (secondary N) is 1. The van der Waals surface area contributed by atoms with Crippen molar-refractivity contribution in [2.24, 2.45) is 0 Å². The summed E-state index contributed by atoms with van der Waals surface area (Å²) >= 11 is 3.40. The minimum atomic E-state index is 0.0125. The molecule has 2 rings (SSSR count). The molecule has 0 aliphatic heterocycles. The Kier molecular flexibility index (Phi) is 4.94. The Labute approximate surface area is 126 Å². The van der Waals surface area contributed by atoms with Crippen LogP contribution in [0.1, 0.15) is 24.6 Å². The van der Waals surface area contributed by atoms with Crippen molar-refractivity contribution in [2.45, 2.75) is 39.9 Å². The first-order valence-electron chi connectivity index (χ1n) is 6.56. The van der Waals surface area contributed by atoms with Crippen molar-refractivity contribution < 1.29 is 4.79 Å². The molecular formula is C13H18BrN5O. The molecule has 0 aromatic carbocycles. The number of aryl methyl sites for hydroxylation is 3. The van der Waals surface area contributed by atoms with E-state index in [1.807, 2.05) is 30.9 Å². The maximum absolute atomic E-state index is 11.8. The van der Waals surface area contributed by atoms with Crippen LogP contribution < -0.4 is 5.32 Å². The third kappa shape index (κ3) is 3.93. The van der Waals surface area contributed by atoms with Crippen molar-refractivity contribution in [1.29, 1.82) is 0 Å². The zero-order valence-corrected chi connectivity index (χ0v) is 13.2. The Bertz CT molecular complexity index is 570. The molecule has 20 heavy (non-hydrogen) atoms. The van der Waals surface area contributed by atoms with Crippen molar-refractivity contribution in [3.8, 4) is 0 Å². The van der Waals surface area contributed by atoms with Gasteiger partial charge >= 0.3 is 0 Å². The zero-order chi connectivity index (χ0) is 14.5. The van der Waals surface area contributed by atoms with Crippen LogP contribution in [-0.2, 0) is 24.4 Å². The Hall–Kier alpha value is -1.63. The second-order valence-corrected chi connectivity index (χ2v) is 5.41. The molecule has 0 saturated heterocycles. The zero-order valence-electron chi connectivity index (χ0n) is 11.6. The molecule has 0 saturated carbocycles. The van der Waals surface area contributed by atoms with Crippen LogP contribution in [0, 0.1) is 6.92 Å². The van der Waals surface area contributed by atoms with Crippen molar-refractivity contribution in [3.63, 3.8) is 0 Å². The predicted octanol–water partition coefficient (Wildman–Crippen LogP) is 1.88. The summed E-state index contributed by atoms with van der Waals surface area (Å²) in [6.07, 6.45) is 6.01. The molecular weight excluding hydrogens is 322 g/mol. The maximum Gasteiger partial charge on any atom is 0.222 e. The van der Waals surface area contributed by atoms with Gasteiger partial charge in [-0.15, -0.1) is 0 Å². The quantitative estimate of drug-likeness (QED) is 0.873. The Morgan fingerprint density at radius 2 is 2.20 bits per heavy atom. The molecule has 0 spiro atoms. The van der Waals surface area contributed by atoms with Gasteiger partial charge in [-0.05, 0) is 29.8 Å². The van der Waals surface area contributed by atoms with E-state index in [-0.39, 0.29) is 5.91 Å². The molecule has 0 aliphatic rings. The van der Waals surface area contributed by atoms with Crippen LogP contribution in [0.25, 0.3) is 0 Å². The number of nitrogens with zero attached hydrogens (tertiary/aromatic N) is 4. The Morgan fingerprint density at radius 1 is 1.40 bits per heavy atom. The van der Waals surface area contributed by atoms with Crippen molar-refractivity contribution in [3.05, 3.63) is 34.3 Å². The summed E-state index contributed by atoms with van der Waals surface area (Å²) in [5.41, 5.74) is 1.94. The van der Waals surface area contributed by atoms with Gasteiger partial charge in [0.15, 0.2) is 0 Å². The number of hydrogen-bond donors (Lipinski definition) is 1. The van der Waals surface area contributed by atoms with E-state index in [1.165, 1.54) is 0 Å². The maximum atomic E-state index is 11.8. The topological polar surface area (TPSA) is 64.7 Å². The highest BCUT2D eigenvalue weighted by molar-refractivity contribution is 9.10. The molecule has 0 bridgehead atoms. The fourth-order valence-electron chi connectivity index (χ4n) is 1.78. The van der Waals surface area contributed by atoms with Gasteiger partial charge in [0.05, 0.1) is 16.4 Å². The highest BCUT2D eigenvalue weighted by atomic mass is 79.9. The first-order valence-corrected chi connectivity index (χ1v) is 7.35.